The van der Waals surface area contributed by atoms with Crippen LogP contribution >= 0.6 is 0 Å². The topological polar surface area (TPSA) is 76.0 Å². The van der Waals surface area contributed by atoms with Crippen molar-refractivity contribution in [3.63, 3.8) is 0 Å². The summed E-state index contributed by atoms with van der Waals surface area (Å²) in [5.74, 6) is -0.0496. The molecule has 0 aliphatic carbocycles. The molecule has 0 atom stereocenters. The number of benzene rings is 2. The van der Waals surface area contributed by atoms with E-state index in [0.29, 0.717) is 23.5 Å². The minimum absolute atomic E-state index is 0.0496. The zero-order valence-corrected chi connectivity index (χ0v) is 14.7. The van der Waals surface area contributed by atoms with Crippen molar-refractivity contribution in [2.45, 2.75) is 20.4 Å². The van der Waals surface area contributed by atoms with Gasteiger partial charge >= 0.3 is 6.03 Å². The Balaban J connectivity index is 1.60. The van der Waals surface area contributed by atoms with Gasteiger partial charge in [0.15, 0.2) is 5.78 Å². The number of rotatable bonds is 5. The van der Waals surface area contributed by atoms with Gasteiger partial charge in [-0.25, -0.2) is 4.79 Å². The monoisotopic (exact) mass is 348 g/mol. The Morgan fingerprint density at radius 2 is 1.77 bits per heavy atom. The first-order valence-corrected chi connectivity index (χ1v) is 8.26. The predicted molar refractivity (Wildman–Crippen MR) is 102 cm³/mol. The van der Waals surface area contributed by atoms with E-state index < -0.39 is 0 Å². The quantitative estimate of drug-likeness (QED) is 0.682. The van der Waals surface area contributed by atoms with E-state index >= 15 is 0 Å². The fourth-order valence-electron chi connectivity index (χ4n) is 2.50. The molecule has 0 aliphatic heterocycles. The highest BCUT2D eigenvalue weighted by Crippen LogP contribution is 2.13. The number of nitrogens with zero attached hydrogens (tertiary/aromatic N) is 2. The molecule has 3 aromatic rings. The van der Waals surface area contributed by atoms with Gasteiger partial charge in [0.2, 0.25) is 0 Å². The van der Waals surface area contributed by atoms with Gasteiger partial charge in [-0.1, -0.05) is 42.0 Å². The molecule has 132 valence electrons. The standard InChI is InChI=1S/C20H20N4O2/c1-14-6-8-16(9-7-14)12-24-13-19(11-21-24)23-20(26)22-18-5-3-4-17(10-18)15(2)25/h3-11,13H,12H2,1-2H3,(H2,22,23,26). The van der Waals surface area contributed by atoms with Crippen molar-refractivity contribution in [2.75, 3.05) is 10.6 Å². The van der Waals surface area contributed by atoms with Gasteiger partial charge in [0.1, 0.15) is 0 Å². The van der Waals surface area contributed by atoms with Crippen LogP contribution in [0.4, 0.5) is 16.2 Å². The zero-order chi connectivity index (χ0) is 18.5. The average molecular weight is 348 g/mol. The smallest absolute Gasteiger partial charge is 0.308 e. The van der Waals surface area contributed by atoms with E-state index in [1.807, 2.05) is 6.92 Å². The Bertz CT molecular complexity index is 929. The number of nitrogens with one attached hydrogen (secondary N) is 2. The molecule has 0 radical (unpaired) electrons. The SMILES string of the molecule is CC(=O)c1cccc(NC(=O)Nc2cnn(Cc3ccc(C)cc3)c2)c1. The summed E-state index contributed by atoms with van der Waals surface area (Å²) >= 11 is 0. The summed E-state index contributed by atoms with van der Waals surface area (Å²) in [6, 6.07) is 14.6. The Morgan fingerprint density at radius 1 is 1.04 bits per heavy atom. The lowest BCUT2D eigenvalue weighted by Gasteiger charge is -2.07. The number of carbonyl (C=O) groups is 2. The van der Waals surface area contributed by atoms with Crippen molar-refractivity contribution >= 4 is 23.2 Å². The molecule has 0 saturated carbocycles. The third-order valence-electron chi connectivity index (χ3n) is 3.88. The third kappa shape index (κ3) is 4.57. The van der Waals surface area contributed by atoms with Crippen molar-refractivity contribution in [1.29, 1.82) is 0 Å². The van der Waals surface area contributed by atoms with Crippen molar-refractivity contribution < 1.29 is 9.59 Å². The lowest BCUT2D eigenvalue weighted by Crippen LogP contribution is -2.19. The van der Waals surface area contributed by atoms with E-state index in [1.54, 1.807) is 41.3 Å². The van der Waals surface area contributed by atoms with E-state index in [9.17, 15) is 9.59 Å². The van der Waals surface area contributed by atoms with E-state index in [4.69, 9.17) is 0 Å². The molecule has 0 unspecified atom stereocenters. The van der Waals surface area contributed by atoms with Gasteiger partial charge in [0.25, 0.3) is 0 Å². The molecule has 0 spiro atoms. The fourth-order valence-corrected chi connectivity index (χ4v) is 2.50. The molecule has 0 bridgehead atoms. The highest BCUT2D eigenvalue weighted by atomic mass is 16.2. The fraction of sp³-hybridized carbons (Fsp3) is 0.150. The second kappa shape index (κ2) is 7.65. The molecule has 0 saturated heterocycles. The minimum Gasteiger partial charge on any atom is -0.308 e. The molecule has 2 amide bonds. The maximum Gasteiger partial charge on any atom is 0.323 e. The summed E-state index contributed by atoms with van der Waals surface area (Å²) in [6.45, 7) is 4.16. The summed E-state index contributed by atoms with van der Waals surface area (Å²) in [4.78, 5) is 23.5. The summed E-state index contributed by atoms with van der Waals surface area (Å²) in [7, 11) is 0. The van der Waals surface area contributed by atoms with E-state index in [2.05, 4.69) is 40.0 Å². The largest absolute Gasteiger partial charge is 0.323 e. The first-order chi connectivity index (χ1) is 12.5. The summed E-state index contributed by atoms with van der Waals surface area (Å²) in [5, 5.41) is 9.71. The maximum absolute atomic E-state index is 12.1. The molecule has 3 rings (SSSR count). The van der Waals surface area contributed by atoms with Crippen molar-refractivity contribution in [3.05, 3.63) is 77.6 Å². The molecule has 1 aromatic heterocycles. The van der Waals surface area contributed by atoms with Crippen LogP contribution in [0, 0.1) is 6.92 Å². The van der Waals surface area contributed by atoms with E-state index in [-0.39, 0.29) is 11.8 Å². The number of amides is 2. The molecule has 2 N–H and O–H groups in total. The number of ketones is 1. The minimum atomic E-state index is -0.388. The number of aromatic nitrogens is 2. The van der Waals surface area contributed by atoms with E-state index in [1.165, 1.54) is 12.5 Å². The van der Waals surface area contributed by atoms with Crippen molar-refractivity contribution in [3.8, 4) is 0 Å². The number of hydrogen-bond donors (Lipinski definition) is 2. The van der Waals surface area contributed by atoms with Crippen LogP contribution < -0.4 is 10.6 Å². The second-order valence-corrected chi connectivity index (χ2v) is 6.13. The van der Waals surface area contributed by atoms with Crippen LogP contribution in [-0.4, -0.2) is 21.6 Å². The van der Waals surface area contributed by atoms with Gasteiger partial charge in [0, 0.05) is 17.4 Å². The van der Waals surface area contributed by atoms with Crippen LogP contribution in [-0.2, 0) is 6.54 Å². The molecule has 1 heterocycles. The number of hydrogen-bond acceptors (Lipinski definition) is 3. The Morgan fingerprint density at radius 3 is 2.50 bits per heavy atom. The predicted octanol–water partition coefficient (Wildman–Crippen LogP) is 4.09. The lowest BCUT2D eigenvalue weighted by molar-refractivity contribution is 0.101. The number of Topliss-reactive ketones (excluding diaryl/α,β-unsaturated/α-hetero) is 1. The first kappa shape index (κ1) is 17.4. The first-order valence-electron chi connectivity index (χ1n) is 8.26. The van der Waals surface area contributed by atoms with Crippen LogP contribution in [0.15, 0.2) is 60.9 Å². The van der Waals surface area contributed by atoms with Crippen LogP contribution in [0.1, 0.15) is 28.4 Å². The Hall–Kier alpha value is -3.41. The number of urea groups is 1. The molecular weight excluding hydrogens is 328 g/mol. The molecular formula is C20H20N4O2. The molecule has 6 heteroatoms. The highest BCUT2D eigenvalue weighted by molar-refractivity contribution is 6.01. The van der Waals surface area contributed by atoms with Crippen LogP contribution in [0.3, 0.4) is 0 Å². The zero-order valence-electron chi connectivity index (χ0n) is 14.7. The lowest BCUT2D eigenvalue weighted by atomic mass is 10.1. The second-order valence-electron chi connectivity index (χ2n) is 6.13. The van der Waals surface area contributed by atoms with Crippen LogP contribution in [0.5, 0.6) is 0 Å². The van der Waals surface area contributed by atoms with Gasteiger partial charge in [-0.2, -0.15) is 5.10 Å². The summed E-state index contributed by atoms with van der Waals surface area (Å²) in [5.41, 5.74) is 4.05. The third-order valence-corrected chi connectivity index (χ3v) is 3.88. The number of aryl methyl sites for hydroxylation is 1. The van der Waals surface area contributed by atoms with Crippen molar-refractivity contribution in [2.24, 2.45) is 0 Å². The average Bonchev–Trinajstić information content (AvgIpc) is 3.04. The van der Waals surface area contributed by atoms with E-state index in [0.717, 1.165) is 5.56 Å². The maximum atomic E-state index is 12.1. The van der Waals surface area contributed by atoms with Crippen molar-refractivity contribution in [1.82, 2.24) is 9.78 Å². The Labute approximate surface area is 151 Å². The molecule has 0 fully saturated rings. The van der Waals surface area contributed by atoms with Gasteiger partial charge in [-0.15, -0.1) is 0 Å². The molecule has 2 aromatic carbocycles. The van der Waals surface area contributed by atoms with Crippen LogP contribution in [0.25, 0.3) is 0 Å². The van der Waals surface area contributed by atoms with Gasteiger partial charge in [-0.3, -0.25) is 9.48 Å². The van der Waals surface area contributed by atoms with Gasteiger partial charge in [-0.05, 0) is 31.5 Å². The molecule has 0 aliphatic rings. The normalized spacial score (nSPS) is 10.4. The summed E-state index contributed by atoms with van der Waals surface area (Å²) < 4.78 is 1.76. The highest BCUT2D eigenvalue weighted by Gasteiger charge is 2.07. The number of carbonyl (C=O) groups excluding carboxylic acids is 2. The van der Waals surface area contributed by atoms with Crippen LogP contribution in [0.2, 0.25) is 0 Å². The number of anilines is 2. The van der Waals surface area contributed by atoms with Gasteiger partial charge in [0.05, 0.1) is 18.4 Å². The molecule has 6 nitrogen and oxygen atoms in total. The summed E-state index contributed by atoms with van der Waals surface area (Å²) in [6.07, 6.45) is 3.37. The Kier molecular flexibility index (Phi) is 5.12. The van der Waals surface area contributed by atoms with Gasteiger partial charge < -0.3 is 10.6 Å². The molecule has 26 heavy (non-hydrogen) atoms.